The van der Waals surface area contributed by atoms with E-state index >= 15 is 0 Å². The average Bonchev–Trinajstić information content (AvgIpc) is 2.29. The van der Waals surface area contributed by atoms with Gasteiger partial charge in [-0.15, -0.1) is 0 Å². The number of hydrogen-bond donors (Lipinski definition) is 1. The summed E-state index contributed by atoms with van der Waals surface area (Å²) in [6, 6.07) is 8.14. The lowest BCUT2D eigenvalue weighted by Gasteiger charge is -2.19. The van der Waals surface area contributed by atoms with Crippen LogP contribution in [0, 0.1) is 0 Å². The summed E-state index contributed by atoms with van der Waals surface area (Å²) in [5.41, 5.74) is -1.85. The van der Waals surface area contributed by atoms with Crippen molar-refractivity contribution in [1.29, 1.82) is 0 Å². The van der Waals surface area contributed by atoms with E-state index in [1.807, 2.05) is 0 Å². The molecule has 0 radical (unpaired) electrons. The highest BCUT2D eigenvalue weighted by atomic mass is 16.5. The van der Waals surface area contributed by atoms with Gasteiger partial charge in [0.2, 0.25) is 11.4 Å². The van der Waals surface area contributed by atoms with Gasteiger partial charge in [0.15, 0.2) is 0 Å². The van der Waals surface area contributed by atoms with Crippen LogP contribution in [0.25, 0.3) is 0 Å². The fourth-order valence-corrected chi connectivity index (χ4v) is 1.23. The van der Waals surface area contributed by atoms with Crippen LogP contribution in [-0.2, 0) is 9.53 Å². The number of carbonyl (C=O) groups is 2. The molecule has 4 nitrogen and oxygen atoms in total. The summed E-state index contributed by atoms with van der Waals surface area (Å²) in [7, 11) is 0. The van der Waals surface area contributed by atoms with E-state index in [1.165, 1.54) is 12.1 Å². The predicted molar refractivity (Wildman–Crippen MR) is 58.0 cm³/mol. The van der Waals surface area contributed by atoms with Gasteiger partial charge >= 0.3 is 5.97 Å². The summed E-state index contributed by atoms with van der Waals surface area (Å²) >= 11 is 0. The van der Waals surface area contributed by atoms with Crippen LogP contribution in [-0.4, -0.2) is 29.1 Å². The Labute approximate surface area is 93.9 Å². The van der Waals surface area contributed by atoms with Gasteiger partial charge in [0.05, 0.1) is 6.61 Å². The summed E-state index contributed by atoms with van der Waals surface area (Å²) in [5, 5.41) is 9.81. The van der Waals surface area contributed by atoms with E-state index in [0.717, 1.165) is 6.92 Å². The Morgan fingerprint density at radius 3 is 2.38 bits per heavy atom. The summed E-state index contributed by atoms with van der Waals surface area (Å²) in [6.07, 6.45) is 0. The monoisotopic (exact) mass is 222 g/mol. The highest BCUT2D eigenvalue weighted by Gasteiger charge is 2.40. The van der Waals surface area contributed by atoms with Gasteiger partial charge in [-0.3, -0.25) is 4.79 Å². The Hall–Kier alpha value is -1.68. The molecule has 0 saturated carbocycles. The summed E-state index contributed by atoms with van der Waals surface area (Å²) < 4.78 is 4.64. The SMILES string of the molecule is CCOC(=O)[C@@](C)(O)C(=O)c1ccccc1. The second kappa shape index (κ2) is 4.90. The lowest BCUT2D eigenvalue weighted by Crippen LogP contribution is -2.44. The van der Waals surface area contributed by atoms with E-state index in [2.05, 4.69) is 4.74 Å². The van der Waals surface area contributed by atoms with Gasteiger partial charge in [-0.2, -0.15) is 0 Å². The molecule has 0 aromatic heterocycles. The molecule has 0 heterocycles. The molecule has 4 heteroatoms. The Morgan fingerprint density at radius 1 is 1.31 bits per heavy atom. The molecule has 0 aliphatic heterocycles. The van der Waals surface area contributed by atoms with Crippen molar-refractivity contribution in [2.24, 2.45) is 0 Å². The molecule has 1 atom stereocenters. The number of aliphatic hydroxyl groups is 1. The van der Waals surface area contributed by atoms with Gasteiger partial charge in [0.25, 0.3) is 0 Å². The Balaban J connectivity index is 2.92. The number of esters is 1. The van der Waals surface area contributed by atoms with E-state index in [9.17, 15) is 14.7 Å². The fourth-order valence-electron chi connectivity index (χ4n) is 1.23. The van der Waals surface area contributed by atoms with Crippen molar-refractivity contribution in [2.45, 2.75) is 19.4 Å². The number of ketones is 1. The summed E-state index contributed by atoms with van der Waals surface area (Å²) in [4.78, 5) is 23.2. The second-order valence-electron chi connectivity index (χ2n) is 3.49. The van der Waals surface area contributed by atoms with Crippen molar-refractivity contribution < 1.29 is 19.4 Å². The first kappa shape index (κ1) is 12.4. The average molecular weight is 222 g/mol. The molecule has 0 amide bonds. The number of hydrogen-bond acceptors (Lipinski definition) is 4. The topological polar surface area (TPSA) is 63.6 Å². The van der Waals surface area contributed by atoms with Gasteiger partial charge in [-0.05, 0) is 13.8 Å². The minimum Gasteiger partial charge on any atom is -0.464 e. The summed E-state index contributed by atoms with van der Waals surface area (Å²) in [6.45, 7) is 2.87. The first-order chi connectivity index (χ1) is 7.50. The Kier molecular flexibility index (Phi) is 3.79. The van der Waals surface area contributed by atoms with E-state index in [0.29, 0.717) is 0 Å². The quantitative estimate of drug-likeness (QED) is 0.472. The molecule has 86 valence electrons. The minimum absolute atomic E-state index is 0.122. The van der Waals surface area contributed by atoms with E-state index in [1.54, 1.807) is 25.1 Å². The molecule has 0 spiro atoms. The zero-order valence-corrected chi connectivity index (χ0v) is 9.27. The number of Topliss-reactive ketones (excluding diaryl/α,β-unsaturated/α-hetero) is 1. The predicted octanol–water partition coefficient (Wildman–Crippen LogP) is 1.18. The third-order valence-electron chi connectivity index (χ3n) is 2.15. The molecule has 1 N–H and O–H groups in total. The van der Waals surface area contributed by atoms with Crippen molar-refractivity contribution in [2.75, 3.05) is 6.61 Å². The van der Waals surface area contributed by atoms with Crippen LogP contribution in [0.2, 0.25) is 0 Å². The van der Waals surface area contributed by atoms with Crippen LogP contribution < -0.4 is 0 Å². The van der Waals surface area contributed by atoms with Gasteiger partial charge in [0, 0.05) is 5.56 Å². The van der Waals surface area contributed by atoms with Gasteiger partial charge in [-0.25, -0.2) is 4.79 Å². The van der Waals surface area contributed by atoms with Crippen LogP contribution in [0.3, 0.4) is 0 Å². The molecule has 0 saturated heterocycles. The van der Waals surface area contributed by atoms with Crippen LogP contribution in [0.1, 0.15) is 24.2 Å². The largest absolute Gasteiger partial charge is 0.464 e. The van der Waals surface area contributed by atoms with Crippen LogP contribution in [0.4, 0.5) is 0 Å². The van der Waals surface area contributed by atoms with Crippen molar-refractivity contribution >= 4 is 11.8 Å². The first-order valence-corrected chi connectivity index (χ1v) is 4.99. The van der Waals surface area contributed by atoms with Crippen molar-refractivity contribution in [3.63, 3.8) is 0 Å². The maximum atomic E-state index is 11.8. The van der Waals surface area contributed by atoms with Crippen molar-refractivity contribution in [1.82, 2.24) is 0 Å². The standard InChI is InChI=1S/C12H14O4/c1-3-16-11(14)12(2,15)10(13)9-7-5-4-6-8-9/h4-8,15H,3H2,1-2H3/t12-/m0/s1. The minimum atomic E-state index is -2.13. The summed E-state index contributed by atoms with van der Waals surface area (Å²) in [5.74, 6) is -1.59. The van der Waals surface area contributed by atoms with Gasteiger partial charge in [-0.1, -0.05) is 30.3 Å². The smallest absolute Gasteiger partial charge is 0.346 e. The van der Waals surface area contributed by atoms with Gasteiger partial charge < -0.3 is 9.84 Å². The molecule has 16 heavy (non-hydrogen) atoms. The van der Waals surface area contributed by atoms with Gasteiger partial charge in [0.1, 0.15) is 0 Å². The third kappa shape index (κ3) is 2.46. The highest BCUT2D eigenvalue weighted by molar-refractivity contribution is 6.14. The lowest BCUT2D eigenvalue weighted by atomic mass is 9.95. The fraction of sp³-hybridized carbons (Fsp3) is 0.333. The molecule has 0 aliphatic rings. The molecular formula is C12H14O4. The van der Waals surface area contributed by atoms with E-state index < -0.39 is 17.4 Å². The molecule has 0 unspecified atom stereocenters. The van der Waals surface area contributed by atoms with Crippen LogP contribution in [0.15, 0.2) is 30.3 Å². The maximum absolute atomic E-state index is 11.8. The van der Waals surface area contributed by atoms with Crippen molar-refractivity contribution in [3.05, 3.63) is 35.9 Å². The zero-order valence-electron chi connectivity index (χ0n) is 9.27. The lowest BCUT2D eigenvalue weighted by molar-refractivity contribution is -0.158. The number of ether oxygens (including phenoxy) is 1. The second-order valence-corrected chi connectivity index (χ2v) is 3.49. The molecule has 0 bridgehead atoms. The van der Waals surface area contributed by atoms with Crippen LogP contribution in [0.5, 0.6) is 0 Å². The number of carbonyl (C=O) groups excluding carboxylic acids is 2. The van der Waals surface area contributed by atoms with E-state index in [4.69, 9.17) is 0 Å². The normalized spacial score (nSPS) is 13.9. The Bertz CT molecular complexity index is 381. The number of benzene rings is 1. The molecule has 1 aromatic carbocycles. The zero-order chi connectivity index (χ0) is 12.2. The molecule has 1 aromatic rings. The molecule has 1 rings (SSSR count). The van der Waals surface area contributed by atoms with E-state index in [-0.39, 0.29) is 12.2 Å². The molecular weight excluding hydrogens is 208 g/mol. The first-order valence-electron chi connectivity index (χ1n) is 4.99. The highest BCUT2D eigenvalue weighted by Crippen LogP contribution is 2.14. The number of rotatable bonds is 4. The molecule has 0 fully saturated rings. The third-order valence-corrected chi connectivity index (χ3v) is 2.15. The van der Waals surface area contributed by atoms with Crippen molar-refractivity contribution in [3.8, 4) is 0 Å². The van der Waals surface area contributed by atoms with Crippen LogP contribution >= 0.6 is 0 Å². The molecule has 0 aliphatic carbocycles. The maximum Gasteiger partial charge on any atom is 0.346 e. The Morgan fingerprint density at radius 2 is 1.88 bits per heavy atom.